The number of nitrogens with one attached hydrogen (secondary N) is 1. The van der Waals surface area contributed by atoms with Crippen LogP contribution in [0.15, 0.2) is 43.0 Å². The van der Waals surface area contributed by atoms with Gasteiger partial charge in [0.15, 0.2) is 23.3 Å². The highest BCUT2D eigenvalue weighted by Gasteiger charge is 2.28. The Morgan fingerprint density at radius 2 is 2.02 bits per heavy atom. The smallest absolute Gasteiger partial charge is 0.411 e. The van der Waals surface area contributed by atoms with Gasteiger partial charge in [-0.15, -0.1) is 11.3 Å². The van der Waals surface area contributed by atoms with Crippen molar-refractivity contribution < 1.29 is 23.7 Å². The summed E-state index contributed by atoms with van der Waals surface area (Å²) in [5.74, 6) is 1.43. The Balaban J connectivity index is 1.10. The highest BCUT2D eigenvalue weighted by molar-refractivity contribution is 7.22. The minimum atomic E-state index is -0.645. The number of fused-ring (bicyclic) bond motifs is 5. The van der Waals surface area contributed by atoms with E-state index in [1.807, 2.05) is 26.1 Å². The van der Waals surface area contributed by atoms with E-state index in [0.717, 1.165) is 20.8 Å². The molecular formula is C28H22ClN7O5S. The van der Waals surface area contributed by atoms with Crippen molar-refractivity contribution in [2.45, 2.75) is 13.0 Å². The predicted octanol–water partition coefficient (Wildman–Crippen LogP) is 5.55. The van der Waals surface area contributed by atoms with Crippen LogP contribution in [0.5, 0.6) is 17.4 Å². The highest BCUT2D eigenvalue weighted by atomic mass is 35.5. The largest absolute Gasteiger partial charge is 0.484 e. The van der Waals surface area contributed by atoms with Gasteiger partial charge in [0, 0.05) is 18.7 Å². The summed E-state index contributed by atoms with van der Waals surface area (Å²) < 4.78 is 25.4. The van der Waals surface area contributed by atoms with Gasteiger partial charge in [-0.05, 0) is 30.7 Å². The molecule has 14 heteroatoms. The van der Waals surface area contributed by atoms with Crippen LogP contribution in [0.4, 0.5) is 10.5 Å². The van der Waals surface area contributed by atoms with Gasteiger partial charge >= 0.3 is 6.09 Å². The topological polar surface area (TPSA) is 135 Å². The lowest BCUT2D eigenvalue weighted by atomic mass is 10.1. The van der Waals surface area contributed by atoms with Crippen molar-refractivity contribution >= 4 is 67.1 Å². The molecule has 0 saturated heterocycles. The Bertz CT molecular complexity index is 2030. The number of hydrogen-bond donors (Lipinski definition) is 1. The van der Waals surface area contributed by atoms with E-state index in [1.165, 1.54) is 11.3 Å². The van der Waals surface area contributed by atoms with Crippen molar-refractivity contribution in [3.63, 3.8) is 0 Å². The molecule has 0 aliphatic carbocycles. The van der Waals surface area contributed by atoms with Crippen molar-refractivity contribution in [2.24, 2.45) is 7.05 Å². The van der Waals surface area contributed by atoms with Gasteiger partial charge in [-0.3, -0.25) is 5.32 Å². The quantitative estimate of drug-likeness (QED) is 0.267. The molecule has 1 N–H and O–H groups in total. The Labute approximate surface area is 247 Å². The molecule has 6 aromatic rings. The minimum absolute atomic E-state index is 0.0362. The number of benzene rings is 2. The fourth-order valence-corrected chi connectivity index (χ4v) is 6.12. The van der Waals surface area contributed by atoms with Gasteiger partial charge in [-0.25, -0.2) is 29.7 Å². The number of halogens is 1. The maximum absolute atomic E-state index is 12.4. The van der Waals surface area contributed by atoms with Gasteiger partial charge in [0.2, 0.25) is 5.88 Å². The lowest BCUT2D eigenvalue weighted by Gasteiger charge is -2.26. The lowest BCUT2D eigenvalue weighted by Crippen LogP contribution is -2.35. The van der Waals surface area contributed by atoms with Crippen LogP contribution in [0.1, 0.15) is 5.56 Å². The molecule has 0 bridgehead atoms. The first kappa shape index (κ1) is 26.2. The van der Waals surface area contributed by atoms with Crippen molar-refractivity contribution in [1.82, 2.24) is 29.5 Å². The number of aromatic nitrogens is 6. The molecule has 1 aliphatic heterocycles. The molecule has 0 unspecified atom stereocenters. The lowest BCUT2D eigenvalue weighted by molar-refractivity contribution is 0.0384. The first-order valence-electron chi connectivity index (χ1n) is 12.8. The minimum Gasteiger partial charge on any atom is -0.484 e. The summed E-state index contributed by atoms with van der Waals surface area (Å²) in [6, 6.07) is 7.36. The molecule has 1 amide bonds. The molecule has 2 aromatic carbocycles. The molecule has 1 atom stereocenters. The second-order valence-corrected chi connectivity index (χ2v) is 11.1. The van der Waals surface area contributed by atoms with Crippen LogP contribution in [-0.4, -0.2) is 62.0 Å². The number of rotatable bonds is 5. The number of amides is 1. The van der Waals surface area contributed by atoms with E-state index >= 15 is 0 Å². The number of aryl methyl sites for hydroxylation is 2. The number of ether oxygens (including phenoxy) is 4. The normalized spacial score (nSPS) is 14.4. The van der Waals surface area contributed by atoms with Gasteiger partial charge < -0.3 is 23.5 Å². The number of carbonyl (C=O) groups excluding carboxylic acids is 1. The number of hydrogen-bond acceptors (Lipinski definition) is 11. The van der Waals surface area contributed by atoms with Crippen molar-refractivity contribution in [1.29, 1.82) is 0 Å². The zero-order chi connectivity index (χ0) is 29.0. The summed E-state index contributed by atoms with van der Waals surface area (Å²) in [6.07, 6.45) is 3.60. The molecule has 0 fully saturated rings. The van der Waals surface area contributed by atoms with Crippen LogP contribution in [0, 0.1) is 6.92 Å². The monoisotopic (exact) mass is 603 g/mol. The summed E-state index contributed by atoms with van der Waals surface area (Å²) in [6.45, 7) is 2.12. The zero-order valence-electron chi connectivity index (χ0n) is 22.5. The number of imidazole rings is 1. The molecule has 212 valence electrons. The van der Waals surface area contributed by atoms with Crippen molar-refractivity contribution in [3.05, 3.63) is 53.6 Å². The van der Waals surface area contributed by atoms with Crippen LogP contribution in [0.2, 0.25) is 5.02 Å². The highest BCUT2D eigenvalue weighted by Crippen LogP contribution is 2.47. The van der Waals surface area contributed by atoms with Crippen LogP contribution in [0.3, 0.4) is 0 Å². The van der Waals surface area contributed by atoms with Gasteiger partial charge in [0.1, 0.15) is 34.0 Å². The molecule has 7 rings (SSSR count). The van der Waals surface area contributed by atoms with Crippen LogP contribution >= 0.6 is 22.9 Å². The average molecular weight is 604 g/mol. The summed E-state index contributed by atoms with van der Waals surface area (Å²) in [5.41, 5.74) is 5.69. The van der Waals surface area contributed by atoms with E-state index in [0.29, 0.717) is 55.8 Å². The number of pyridine rings is 1. The van der Waals surface area contributed by atoms with Gasteiger partial charge in [-0.2, -0.15) is 0 Å². The Morgan fingerprint density at radius 1 is 1.14 bits per heavy atom. The van der Waals surface area contributed by atoms with E-state index in [9.17, 15) is 4.79 Å². The maximum atomic E-state index is 12.4. The Morgan fingerprint density at radius 3 is 2.88 bits per heavy atom. The number of thiazole rings is 1. The molecule has 0 radical (unpaired) electrons. The number of anilines is 1. The Hall–Kier alpha value is -4.75. The third kappa shape index (κ3) is 4.65. The van der Waals surface area contributed by atoms with Gasteiger partial charge in [-0.1, -0.05) is 11.6 Å². The first-order valence-corrected chi connectivity index (χ1v) is 14.0. The first-order chi connectivity index (χ1) is 20.4. The summed E-state index contributed by atoms with van der Waals surface area (Å²) >= 11 is 8.08. The summed E-state index contributed by atoms with van der Waals surface area (Å²) in [4.78, 5) is 34.9. The fraction of sp³-hybridized carbons (Fsp3) is 0.214. The number of methoxy groups -OCH3 is 1. The standard InChI is InChI=1S/C28H22ClN7O5S/c1-13-4-16(22-18(5-13)34-21(38-3)9-30-22)27-35-23-17(29)7-20-24(25(23)42-27)39-10-15(41-20)11-40-28(37)33-14-6-19-26(31-8-14)36(2)12-32-19/h4-9,12,15H,10-11H2,1-3H3,(H,33,37)/t15-/m1/s1. The van der Waals surface area contributed by atoms with E-state index in [-0.39, 0.29) is 13.2 Å². The summed E-state index contributed by atoms with van der Waals surface area (Å²) in [5, 5.41) is 3.80. The SMILES string of the molecule is COc1cnc2c(-c3nc4c(Cl)cc5c(c4s3)OC[C@H](COC(=O)Nc3cnc4c(c3)ncn4C)O5)cc(C)cc2n1. The van der Waals surface area contributed by atoms with Gasteiger partial charge in [0.05, 0.1) is 47.6 Å². The third-order valence-electron chi connectivity index (χ3n) is 6.65. The van der Waals surface area contributed by atoms with Crippen LogP contribution < -0.4 is 19.5 Å². The molecule has 1 aliphatic rings. The fourth-order valence-electron chi connectivity index (χ4n) is 4.72. The predicted molar refractivity (Wildman–Crippen MR) is 158 cm³/mol. The molecule has 0 spiro atoms. The van der Waals surface area contributed by atoms with E-state index in [4.69, 9.17) is 35.5 Å². The molecular weight excluding hydrogens is 582 g/mol. The number of carbonyl (C=O) groups is 1. The second kappa shape index (κ2) is 10.3. The van der Waals surface area contributed by atoms with E-state index < -0.39 is 12.2 Å². The van der Waals surface area contributed by atoms with E-state index in [1.54, 1.807) is 42.5 Å². The maximum Gasteiger partial charge on any atom is 0.411 e. The third-order valence-corrected chi connectivity index (χ3v) is 8.03. The number of nitrogens with zero attached hydrogens (tertiary/aromatic N) is 6. The zero-order valence-corrected chi connectivity index (χ0v) is 24.1. The van der Waals surface area contributed by atoms with Crippen molar-refractivity contribution in [2.75, 3.05) is 25.6 Å². The Kier molecular flexibility index (Phi) is 6.39. The molecule has 5 heterocycles. The van der Waals surface area contributed by atoms with Crippen LogP contribution in [0.25, 0.3) is 43.0 Å². The van der Waals surface area contributed by atoms with E-state index in [2.05, 4.69) is 25.3 Å². The molecule has 4 aromatic heterocycles. The van der Waals surface area contributed by atoms with Crippen LogP contribution in [-0.2, 0) is 11.8 Å². The summed E-state index contributed by atoms with van der Waals surface area (Å²) in [7, 11) is 3.40. The molecule has 42 heavy (non-hydrogen) atoms. The molecule has 0 saturated carbocycles. The van der Waals surface area contributed by atoms with Crippen molar-refractivity contribution in [3.8, 4) is 28.0 Å². The van der Waals surface area contributed by atoms with Gasteiger partial charge in [0.25, 0.3) is 0 Å². The second-order valence-electron chi connectivity index (χ2n) is 9.67. The average Bonchev–Trinajstić information content (AvgIpc) is 3.59. The molecule has 12 nitrogen and oxygen atoms in total.